The predicted molar refractivity (Wildman–Crippen MR) is 83.6 cm³/mol. The zero-order valence-corrected chi connectivity index (χ0v) is 13.3. The van der Waals surface area contributed by atoms with E-state index in [1.54, 1.807) is 24.3 Å². The maximum absolute atomic E-state index is 12.2. The Kier molecular flexibility index (Phi) is 3.73. The van der Waals surface area contributed by atoms with Gasteiger partial charge in [-0.3, -0.25) is 4.72 Å². The van der Waals surface area contributed by atoms with Crippen molar-refractivity contribution in [2.45, 2.75) is 18.1 Å². The normalized spacial score (nSPS) is 12.5. The quantitative estimate of drug-likeness (QED) is 0.782. The molecule has 104 valence electrons. The predicted octanol–water partition coefficient (Wildman–Crippen LogP) is 4.22. The molecule has 0 bridgehead atoms. The van der Waals surface area contributed by atoms with E-state index in [-0.39, 0.29) is 0 Å². The number of aryl methyl sites for hydroxylation is 2. The SMILES string of the molecule is Cc1cc(NS(=O)c2ccc(-c3ccc(C)s3)s2)no1. The molecule has 3 rings (SSSR count). The molecule has 1 N–H and O–H groups in total. The van der Waals surface area contributed by atoms with E-state index in [2.05, 4.69) is 28.9 Å². The molecule has 1 atom stereocenters. The van der Waals surface area contributed by atoms with Gasteiger partial charge in [0.1, 0.15) is 9.97 Å². The first kappa shape index (κ1) is 13.5. The molecular weight excluding hydrogens is 312 g/mol. The van der Waals surface area contributed by atoms with Gasteiger partial charge in [0.25, 0.3) is 0 Å². The number of thiophene rings is 2. The van der Waals surface area contributed by atoms with Gasteiger partial charge in [-0.2, -0.15) is 0 Å². The number of anilines is 1. The molecule has 3 heterocycles. The molecule has 1 unspecified atom stereocenters. The number of hydrogen-bond acceptors (Lipinski definition) is 5. The minimum absolute atomic E-state index is 0.489. The third-order valence-corrected chi connectivity index (χ3v) is 6.25. The maximum atomic E-state index is 12.2. The van der Waals surface area contributed by atoms with E-state index in [9.17, 15) is 4.21 Å². The third-order valence-electron chi connectivity index (χ3n) is 2.57. The Balaban J connectivity index is 1.78. The molecule has 0 saturated carbocycles. The van der Waals surface area contributed by atoms with Gasteiger partial charge < -0.3 is 4.52 Å². The Labute approximate surface area is 127 Å². The summed E-state index contributed by atoms with van der Waals surface area (Å²) in [5.74, 6) is 1.17. The highest BCUT2D eigenvalue weighted by Gasteiger charge is 2.12. The minimum Gasteiger partial charge on any atom is -0.360 e. The molecular formula is C13H12N2O2S3. The van der Waals surface area contributed by atoms with E-state index in [4.69, 9.17) is 4.52 Å². The molecule has 0 fully saturated rings. The van der Waals surface area contributed by atoms with Crippen LogP contribution in [0.1, 0.15) is 10.6 Å². The topological polar surface area (TPSA) is 55.1 Å². The highest BCUT2D eigenvalue weighted by atomic mass is 32.2. The summed E-state index contributed by atoms with van der Waals surface area (Å²) >= 11 is 3.26. The highest BCUT2D eigenvalue weighted by Crippen LogP contribution is 2.34. The standard InChI is InChI=1S/C13H12N2O2S3/c1-8-7-12(14-17-8)15-20(16)13-6-5-11(19-13)10-4-3-9(2)18-10/h3-7H,1-2H3,(H,14,15). The Hall–Kier alpha value is -1.44. The Bertz CT molecular complexity index is 757. The molecule has 0 radical (unpaired) electrons. The Morgan fingerprint density at radius 1 is 1.15 bits per heavy atom. The lowest BCUT2D eigenvalue weighted by Crippen LogP contribution is -2.02. The summed E-state index contributed by atoms with van der Waals surface area (Å²) in [5, 5.41) is 3.78. The second-order valence-corrected chi connectivity index (χ2v) is 8.03. The zero-order valence-electron chi connectivity index (χ0n) is 10.9. The van der Waals surface area contributed by atoms with Gasteiger partial charge in [-0.05, 0) is 38.1 Å². The van der Waals surface area contributed by atoms with Crippen LogP contribution in [0, 0.1) is 13.8 Å². The van der Waals surface area contributed by atoms with E-state index < -0.39 is 11.0 Å². The fourth-order valence-electron chi connectivity index (χ4n) is 1.68. The maximum Gasteiger partial charge on any atom is 0.181 e. The number of aromatic nitrogens is 1. The second-order valence-electron chi connectivity index (χ2n) is 4.22. The third kappa shape index (κ3) is 2.84. The molecule has 4 nitrogen and oxygen atoms in total. The van der Waals surface area contributed by atoms with Crippen LogP contribution >= 0.6 is 22.7 Å². The van der Waals surface area contributed by atoms with Gasteiger partial charge in [-0.25, -0.2) is 4.21 Å². The summed E-state index contributed by atoms with van der Waals surface area (Å²) < 4.78 is 20.7. The van der Waals surface area contributed by atoms with Crippen LogP contribution in [0.25, 0.3) is 9.75 Å². The summed E-state index contributed by atoms with van der Waals surface area (Å²) in [6.45, 7) is 3.87. The van der Waals surface area contributed by atoms with E-state index in [1.165, 1.54) is 21.1 Å². The fourth-order valence-corrected chi connectivity index (χ4v) is 4.65. The van der Waals surface area contributed by atoms with Gasteiger partial charge >= 0.3 is 0 Å². The summed E-state index contributed by atoms with van der Waals surface area (Å²) in [6, 6.07) is 9.78. The second kappa shape index (κ2) is 5.51. The van der Waals surface area contributed by atoms with Crippen LogP contribution in [0.2, 0.25) is 0 Å². The first-order valence-electron chi connectivity index (χ1n) is 5.90. The van der Waals surface area contributed by atoms with E-state index in [1.807, 2.05) is 12.1 Å². The van der Waals surface area contributed by atoms with Crippen molar-refractivity contribution in [3.8, 4) is 9.75 Å². The number of nitrogens with zero attached hydrogens (tertiary/aromatic N) is 1. The van der Waals surface area contributed by atoms with Gasteiger partial charge in [0.05, 0.1) is 0 Å². The molecule has 7 heteroatoms. The summed E-state index contributed by atoms with van der Waals surface area (Å²) in [4.78, 5) is 3.60. The number of nitrogens with one attached hydrogen (secondary N) is 1. The molecule has 0 saturated heterocycles. The summed E-state index contributed by atoms with van der Waals surface area (Å²) in [7, 11) is -1.32. The summed E-state index contributed by atoms with van der Waals surface area (Å²) in [5.41, 5.74) is 0. The van der Waals surface area contributed by atoms with Gasteiger partial charge in [-0.1, -0.05) is 5.16 Å². The molecule has 0 aromatic carbocycles. The minimum atomic E-state index is -1.32. The van der Waals surface area contributed by atoms with Crippen LogP contribution in [0.15, 0.2) is 39.1 Å². The summed E-state index contributed by atoms with van der Waals surface area (Å²) in [6.07, 6.45) is 0. The van der Waals surface area contributed by atoms with Crippen LogP contribution in [0.5, 0.6) is 0 Å². The molecule has 0 spiro atoms. The molecule has 3 aromatic heterocycles. The van der Waals surface area contributed by atoms with Crippen LogP contribution in [0.4, 0.5) is 5.82 Å². The molecule has 0 aliphatic heterocycles. The number of rotatable bonds is 4. The van der Waals surface area contributed by atoms with Crippen molar-refractivity contribution in [2.75, 3.05) is 4.72 Å². The molecule has 20 heavy (non-hydrogen) atoms. The van der Waals surface area contributed by atoms with Crippen molar-refractivity contribution >= 4 is 39.5 Å². The van der Waals surface area contributed by atoms with Crippen LogP contribution in [0.3, 0.4) is 0 Å². The van der Waals surface area contributed by atoms with E-state index >= 15 is 0 Å². The van der Waals surface area contributed by atoms with Crippen molar-refractivity contribution in [1.29, 1.82) is 0 Å². The van der Waals surface area contributed by atoms with Crippen molar-refractivity contribution in [1.82, 2.24) is 5.16 Å². The van der Waals surface area contributed by atoms with Gasteiger partial charge in [-0.15, -0.1) is 22.7 Å². The Morgan fingerprint density at radius 3 is 2.55 bits per heavy atom. The van der Waals surface area contributed by atoms with E-state index in [0.29, 0.717) is 11.6 Å². The van der Waals surface area contributed by atoms with E-state index in [0.717, 1.165) is 9.09 Å². The van der Waals surface area contributed by atoms with Crippen LogP contribution < -0.4 is 4.72 Å². The van der Waals surface area contributed by atoms with Crippen molar-refractivity contribution in [2.24, 2.45) is 0 Å². The largest absolute Gasteiger partial charge is 0.360 e. The average molecular weight is 324 g/mol. The number of hydrogen-bond donors (Lipinski definition) is 1. The van der Waals surface area contributed by atoms with Crippen LogP contribution in [-0.2, 0) is 11.0 Å². The van der Waals surface area contributed by atoms with Gasteiger partial charge in [0.2, 0.25) is 0 Å². The zero-order chi connectivity index (χ0) is 14.1. The van der Waals surface area contributed by atoms with Crippen molar-refractivity contribution in [3.05, 3.63) is 41.0 Å². The molecule has 0 aliphatic rings. The monoisotopic (exact) mass is 324 g/mol. The molecule has 0 amide bonds. The lowest BCUT2D eigenvalue weighted by molar-refractivity contribution is 0.400. The van der Waals surface area contributed by atoms with Gasteiger partial charge in [0.15, 0.2) is 16.8 Å². The Morgan fingerprint density at radius 2 is 1.90 bits per heavy atom. The highest BCUT2D eigenvalue weighted by molar-refractivity contribution is 7.88. The first-order chi connectivity index (χ1) is 9.61. The smallest absolute Gasteiger partial charge is 0.181 e. The molecule has 3 aromatic rings. The average Bonchev–Trinajstić information content (AvgIpc) is 3.10. The fraction of sp³-hybridized carbons (Fsp3) is 0.154. The first-order valence-corrected chi connectivity index (χ1v) is 8.68. The van der Waals surface area contributed by atoms with Crippen LogP contribution in [-0.4, -0.2) is 9.37 Å². The van der Waals surface area contributed by atoms with Crippen molar-refractivity contribution in [3.63, 3.8) is 0 Å². The lowest BCUT2D eigenvalue weighted by Gasteiger charge is -1.98. The molecule has 0 aliphatic carbocycles. The van der Waals surface area contributed by atoms with Crippen molar-refractivity contribution < 1.29 is 8.73 Å². The van der Waals surface area contributed by atoms with Gasteiger partial charge in [0, 0.05) is 20.7 Å². The lowest BCUT2D eigenvalue weighted by atomic mass is 10.4.